The first-order valence-electron chi connectivity index (χ1n) is 7.20. The van der Waals surface area contributed by atoms with Gasteiger partial charge in [0.2, 0.25) is 0 Å². The summed E-state index contributed by atoms with van der Waals surface area (Å²) >= 11 is 0. The summed E-state index contributed by atoms with van der Waals surface area (Å²) in [6.07, 6.45) is 2.28. The Bertz CT molecular complexity index is 233. The van der Waals surface area contributed by atoms with Crippen LogP contribution in [0.3, 0.4) is 0 Å². The number of hydrogen-bond acceptors (Lipinski definition) is 3. The summed E-state index contributed by atoms with van der Waals surface area (Å²) in [7, 11) is 3.50. The van der Waals surface area contributed by atoms with E-state index >= 15 is 0 Å². The Kier molecular flexibility index (Phi) is 11.7. The Morgan fingerprint density at radius 3 is 2.42 bits per heavy atom. The van der Waals surface area contributed by atoms with Crippen LogP contribution in [-0.4, -0.2) is 52.5 Å². The zero-order valence-corrected chi connectivity index (χ0v) is 13.2. The standard InChI is InChI=1S/C14H31N3O2/c1-6-19-13(12(2)3)8-10-17-14(15-4)16-9-7-11-18-5/h12-13H,6-11H2,1-5H3,(H2,15,16,17). The lowest BCUT2D eigenvalue weighted by Crippen LogP contribution is -2.39. The smallest absolute Gasteiger partial charge is 0.190 e. The summed E-state index contributed by atoms with van der Waals surface area (Å²) < 4.78 is 10.7. The molecule has 5 heteroatoms. The molecule has 0 radical (unpaired) electrons. The number of guanidine groups is 1. The topological polar surface area (TPSA) is 54.9 Å². The van der Waals surface area contributed by atoms with Crippen molar-refractivity contribution in [3.05, 3.63) is 0 Å². The third-order valence-corrected chi connectivity index (χ3v) is 2.89. The Morgan fingerprint density at radius 2 is 1.89 bits per heavy atom. The van der Waals surface area contributed by atoms with Crippen molar-refractivity contribution in [1.29, 1.82) is 0 Å². The molecule has 0 rings (SSSR count). The van der Waals surface area contributed by atoms with Gasteiger partial charge in [0.25, 0.3) is 0 Å². The molecule has 1 unspecified atom stereocenters. The highest BCUT2D eigenvalue weighted by Crippen LogP contribution is 2.09. The Labute approximate surface area is 118 Å². The number of ether oxygens (including phenoxy) is 2. The van der Waals surface area contributed by atoms with Crippen LogP contribution in [0.15, 0.2) is 4.99 Å². The van der Waals surface area contributed by atoms with Crippen LogP contribution in [0.2, 0.25) is 0 Å². The molecule has 0 aromatic rings. The maximum atomic E-state index is 5.72. The molecule has 114 valence electrons. The molecule has 0 aliphatic heterocycles. The fraction of sp³-hybridized carbons (Fsp3) is 0.929. The Balaban J connectivity index is 3.81. The summed E-state index contributed by atoms with van der Waals surface area (Å²) in [5, 5.41) is 6.57. The van der Waals surface area contributed by atoms with Crippen molar-refractivity contribution in [2.75, 3.05) is 40.5 Å². The van der Waals surface area contributed by atoms with Gasteiger partial charge in [0, 0.05) is 40.5 Å². The number of methoxy groups -OCH3 is 1. The van der Waals surface area contributed by atoms with Crippen LogP contribution in [0.4, 0.5) is 0 Å². The Hall–Kier alpha value is -0.810. The highest BCUT2D eigenvalue weighted by molar-refractivity contribution is 5.79. The highest BCUT2D eigenvalue weighted by atomic mass is 16.5. The normalized spacial score (nSPS) is 13.7. The van der Waals surface area contributed by atoms with Gasteiger partial charge in [0.05, 0.1) is 6.10 Å². The maximum absolute atomic E-state index is 5.72. The van der Waals surface area contributed by atoms with Gasteiger partial charge in [-0.25, -0.2) is 0 Å². The van der Waals surface area contributed by atoms with Crippen molar-refractivity contribution in [2.24, 2.45) is 10.9 Å². The minimum atomic E-state index is 0.309. The summed E-state index contributed by atoms with van der Waals surface area (Å²) in [6.45, 7) is 9.70. The average molecular weight is 273 g/mol. The van der Waals surface area contributed by atoms with Crippen molar-refractivity contribution in [2.45, 2.75) is 39.7 Å². The molecule has 5 nitrogen and oxygen atoms in total. The molecular weight excluding hydrogens is 242 g/mol. The predicted molar refractivity (Wildman–Crippen MR) is 80.7 cm³/mol. The minimum absolute atomic E-state index is 0.309. The summed E-state index contributed by atoms with van der Waals surface area (Å²) in [5.41, 5.74) is 0. The van der Waals surface area contributed by atoms with E-state index in [-0.39, 0.29) is 0 Å². The van der Waals surface area contributed by atoms with Gasteiger partial charge in [0.1, 0.15) is 0 Å². The van der Waals surface area contributed by atoms with E-state index in [2.05, 4.69) is 29.5 Å². The van der Waals surface area contributed by atoms with E-state index in [0.29, 0.717) is 12.0 Å². The van der Waals surface area contributed by atoms with Gasteiger partial charge in [-0.05, 0) is 25.7 Å². The number of rotatable bonds is 10. The molecule has 0 amide bonds. The van der Waals surface area contributed by atoms with Gasteiger partial charge in [0.15, 0.2) is 5.96 Å². The fourth-order valence-electron chi connectivity index (χ4n) is 1.80. The molecule has 0 bridgehead atoms. The average Bonchev–Trinajstić information content (AvgIpc) is 2.40. The molecule has 0 aliphatic rings. The highest BCUT2D eigenvalue weighted by Gasteiger charge is 2.12. The molecule has 0 saturated heterocycles. The molecule has 0 fully saturated rings. The monoisotopic (exact) mass is 273 g/mol. The van der Waals surface area contributed by atoms with E-state index in [9.17, 15) is 0 Å². The second kappa shape index (κ2) is 12.2. The zero-order valence-electron chi connectivity index (χ0n) is 13.2. The van der Waals surface area contributed by atoms with Crippen molar-refractivity contribution in [3.8, 4) is 0 Å². The van der Waals surface area contributed by atoms with E-state index in [4.69, 9.17) is 9.47 Å². The van der Waals surface area contributed by atoms with E-state index in [0.717, 1.165) is 45.1 Å². The second-order valence-electron chi connectivity index (χ2n) is 4.80. The lowest BCUT2D eigenvalue weighted by Gasteiger charge is -2.21. The molecule has 0 heterocycles. The quantitative estimate of drug-likeness (QED) is 0.361. The van der Waals surface area contributed by atoms with Crippen molar-refractivity contribution < 1.29 is 9.47 Å². The van der Waals surface area contributed by atoms with Gasteiger partial charge in [-0.15, -0.1) is 0 Å². The third kappa shape index (κ3) is 9.73. The molecule has 0 spiro atoms. The Morgan fingerprint density at radius 1 is 1.21 bits per heavy atom. The molecule has 0 aromatic carbocycles. The predicted octanol–water partition coefficient (Wildman–Crippen LogP) is 1.64. The second-order valence-corrected chi connectivity index (χ2v) is 4.80. The van der Waals surface area contributed by atoms with Crippen LogP contribution in [0, 0.1) is 5.92 Å². The number of hydrogen-bond donors (Lipinski definition) is 2. The van der Waals surface area contributed by atoms with Gasteiger partial charge in [-0.2, -0.15) is 0 Å². The third-order valence-electron chi connectivity index (χ3n) is 2.89. The number of nitrogens with zero attached hydrogens (tertiary/aromatic N) is 1. The number of nitrogens with one attached hydrogen (secondary N) is 2. The number of aliphatic imine (C=N–C) groups is 1. The van der Waals surface area contributed by atoms with Gasteiger partial charge >= 0.3 is 0 Å². The summed E-state index contributed by atoms with van der Waals surface area (Å²) in [6, 6.07) is 0. The van der Waals surface area contributed by atoms with E-state index < -0.39 is 0 Å². The molecule has 2 N–H and O–H groups in total. The molecule has 0 saturated carbocycles. The SMILES string of the molecule is CCOC(CCNC(=NC)NCCCOC)C(C)C. The van der Waals surface area contributed by atoms with Crippen molar-refractivity contribution in [1.82, 2.24) is 10.6 Å². The first kappa shape index (κ1) is 18.2. The maximum Gasteiger partial charge on any atom is 0.190 e. The zero-order chi connectivity index (χ0) is 14.5. The first-order chi connectivity index (χ1) is 9.15. The van der Waals surface area contributed by atoms with Gasteiger partial charge < -0.3 is 20.1 Å². The summed E-state index contributed by atoms with van der Waals surface area (Å²) in [5.74, 6) is 1.38. The van der Waals surface area contributed by atoms with Gasteiger partial charge in [-0.3, -0.25) is 4.99 Å². The van der Waals surface area contributed by atoms with Crippen LogP contribution < -0.4 is 10.6 Å². The van der Waals surface area contributed by atoms with Crippen LogP contribution in [0.25, 0.3) is 0 Å². The molecular formula is C14H31N3O2. The van der Waals surface area contributed by atoms with E-state index in [1.54, 1.807) is 14.2 Å². The molecule has 0 aliphatic carbocycles. The minimum Gasteiger partial charge on any atom is -0.385 e. The van der Waals surface area contributed by atoms with E-state index in [1.165, 1.54) is 0 Å². The fourth-order valence-corrected chi connectivity index (χ4v) is 1.80. The van der Waals surface area contributed by atoms with Gasteiger partial charge in [-0.1, -0.05) is 13.8 Å². The van der Waals surface area contributed by atoms with Crippen LogP contribution >= 0.6 is 0 Å². The molecule has 1 atom stereocenters. The lowest BCUT2D eigenvalue weighted by molar-refractivity contribution is 0.0258. The molecule has 0 aromatic heterocycles. The van der Waals surface area contributed by atoms with Crippen LogP contribution in [-0.2, 0) is 9.47 Å². The summed E-state index contributed by atoms with van der Waals surface area (Å²) in [4.78, 5) is 4.19. The largest absolute Gasteiger partial charge is 0.385 e. The molecule has 19 heavy (non-hydrogen) atoms. The van der Waals surface area contributed by atoms with Crippen molar-refractivity contribution >= 4 is 5.96 Å². The van der Waals surface area contributed by atoms with Crippen LogP contribution in [0.1, 0.15) is 33.6 Å². The lowest BCUT2D eigenvalue weighted by atomic mass is 10.0. The first-order valence-corrected chi connectivity index (χ1v) is 7.20. The van der Waals surface area contributed by atoms with Crippen molar-refractivity contribution in [3.63, 3.8) is 0 Å². The van der Waals surface area contributed by atoms with Crippen LogP contribution in [0.5, 0.6) is 0 Å². The van der Waals surface area contributed by atoms with E-state index in [1.807, 2.05) is 6.92 Å².